The number of nitrogens with two attached hydrogens (primary N) is 1. The van der Waals surface area contributed by atoms with Gasteiger partial charge in [0.25, 0.3) is 0 Å². The molecule has 0 unspecified atom stereocenters. The van der Waals surface area contributed by atoms with Gasteiger partial charge in [-0.3, -0.25) is 0 Å². The van der Waals surface area contributed by atoms with Crippen LogP contribution in [-0.2, 0) is 24.2 Å². The Labute approximate surface area is 159 Å². The number of carbonyl (C=O) groups is 1. The Kier molecular flexibility index (Phi) is 7.60. The fourth-order valence-electron chi connectivity index (χ4n) is 2.78. The maximum Gasteiger partial charge on any atom is 0.337 e. The number of hydrogen-bond donors (Lipinski definition) is 1. The monoisotopic (exact) mass is 375 g/mol. The molecule has 26 heavy (non-hydrogen) atoms. The molecule has 2 aromatic rings. The van der Waals surface area contributed by atoms with Crippen LogP contribution in [0.15, 0.2) is 28.6 Å². The summed E-state index contributed by atoms with van der Waals surface area (Å²) in [5.41, 5.74) is 9.37. The van der Waals surface area contributed by atoms with Crippen molar-refractivity contribution in [3.63, 3.8) is 0 Å². The van der Waals surface area contributed by atoms with Crippen molar-refractivity contribution in [2.45, 2.75) is 53.1 Å². The summed E-state index contributed by atoms with van der Waals surface area (Å²) in [6, 6.07) is 5.35. The highest BCUT2D eigenvalue weighted by atomic mass is 32.1. The SMILES string of the molecule is CCCCc1csc(=Nc2ccc(C(=O)OC)cc2CN)n1CC(C)C. The van der Waals surface area contributed by atoms with E-state index in [9.17, 15) is 4.79 Å². The van der Waals surface area contributed by atoms with Gasteiger partial charge in [-0.05, 0) is 42.5 Å². The van der Waals surface area contributed by atoms with Gasteiger partial charge in [0.15, 0.2) is 4.80 Å². The summed E-state index contributed by atoms with van der Waals surface area (Å²) in [4.78, 5) is 17.6. The fourth-order valence-corrected chi connectivity index (χ4v) is 3.73. The quantitative estimate of drug-likeness (QED) is 0.708. The number of aromatic nitrogens is 1. The van der Waals surface area contributed by atoms with Gasteiger partial charge >= 0.3 is 5.97 Å². The van der Waals surface area contributed by atoms with Crippen LogP contribution < -0.4 is 10.5 Å². The topological polar surface area (TPSA) is 69.6 Å². The molecular formula is C20H29N3O2S. The number of ether oxygens (including phenoxy) is 1. The normalized spacial score (nSPS) is 12.0. The summed E-state index contributed by atoms with van der Waals surface area (Å²) in [5.74, 6) is 0.179. The van der Waals surface area contributed by atoms with E-state index in [0.717, 1.165) is 29.0 Å². The van der Waals surface area contributed by atoms with Crippen LogP contribution in [0.4, 0.5) is 5.69 Å². The molecule has 0 aliphatic heterocycles. The minimum Gasteiger partial charge on any atom is -0.465 e. The van der Waals surface area contributed by atoms with E-state index >= 15 is 0 Å². The maximum atomic E-state index is 11.7. The first-order chi connectivity index (χ1) is 12.5. The summed E-state index contributed by atoms with van der Waals surface area (Å²) in [5, 5.41) is 2.21. The first-order valence-corrected chi connectivity index (χ1v) is 10.0. The number of aryl methyl sites for hydroxylation is 1. The number of hydrogen-bond acceptors (Lipinski definition) is 5. The minimum atomic E-state index is -0.362. The van der Waals surface area contributed by atoms with E-state index in [1.807, 2.05) is 6.07 Å². The van der Waals surface area contributed by atoms with Crippen molar-refractivity contribution in [3.05, 3.63) is 45.2 Å². The zero-order chi connectivity index (χ0) is 19.1. The summed E-state index contributed by atoms with van der Waals surface area (Å²) in [6.45, 7) is 7.91. The van der Waals surface area contributed by atoms with Gasteiger partial charge in [-0.1, -0.05) is 27.2 Å². The molecule has 0 saturated carbocycles. The number of thiazole rings is 1. The first kappa shape index (κ1) is 20.4. The molecule has 142 valence electrons. The van der Waals surface area contributed by atoms with E-state index in [-0.39, 0.29) is 5.97 Å². The predicted octanol–water partition coefficient (Wildman–Crippen LogP) is 4.03. The molecule has 0 fully saturated rings. The third-order valence-corrected chi connectivity index (χ3v) is 5.06. The smallest absolute Gasteiger partial charge is 0.337 e. The molecule has 0 atom stereocenters. The van der Waals surface area contributed by atoms with Crippen LogP contribution in [-0.4, -0.2) is 17.6 Å². The number of nitrogens with zero attached hydrogens (tertiary/aromatic N) is 2. The van der Waals surface area contributed by atoms with Crippen molar-refractivity contribution < 1.29 is 9.53 Å². The molecule has 6 heteroatoms. The lowest BCUT2D eigenvalue weighted by Crippen LogP contribution is -2.20. The van der Waals surface area contributed by atoms with Gasteiger partial charge in [0.05, 0.1) is 18.4 Å². The number of rotatable bonds is 8. The maximum absolute atomic E-state index is 11.7. The minimum absolute atomic E-state index is 0.321. The predicted molar refractivity (Wildman–Crippen MR) is 107 cm³/mol. The number of carbonyl (C=O) groups excluding carboxylic acids is 1. The number of benzene rings is 1. The van der Waals surface area contributed by atoms with E-state index in [0.29, 0.717) is 18.0 Å². The second-order valence-corrected chi connectivity index (χ2v) is 7.61. The van der Waals surface area contributed by atoms with Crippen molar-refractivity contribution in [1.29, 1.82) is 0 Å². The Hall–Kier alpha value is -1.92. The fraction of sp³-hybridized carbons (Fsp3) is 0.500. The molecule has 1 aromatic carbocycles. The van der Waals surface area contributed by atoms with Crippen LogP contribution in [0.1, 0.15) is 55.2 Å². The summed E-state index contributed by atoms with van der Waals surface area (Å²) in [7, 11) is 1.38. The average Bonchev–Trinajstić information content (AvgIpc) is 3.00. The Morgan fingerprint density at radius 1 is 1.38 bits per heavy atom. The van der Waals surface area contributed by atoms with Gasteiger partial charge in [0.1, 0.15) is 0 Å². The van der Waals surface area contributed by atoms with Gasteiger partial charge in [-0.15, -0.1) is 11.3 Å². The molecule has 0 saturated heterocycles. The lowest BCUT2D eigenvalue weighted by Gasteiger charge is -2.11. The summed E-state index contributed by atoms with van der Waals surface area (Å²) < 4.78 is 7.10. The molecule has 0 radical (unpaired) electrons. The van der Waals surface area contributed by atoms with Crippen LogP contribution >= 0.6 is 11.3 Å². The van der Waals surface area contributed by atoms with Crippen LogP contribution in [0.3, 0.4) is 0 Å². The molecule has 0 aliphatic rings. The standard InChI is InChI=1S/C20H29N3O2S/c1-5-6-7-17-13-26-20(23(17)12-14(2)3)22-18-9-8-15(19(24)25-4)10-16(18)11-21/h8-10,13-14H,5-7,11-12,21H2,1-4H3. The molecule has 1 heterocycles. The zero-order valence-corrected chi connectivity index (χ0v) is 16.9. The number of methoxy groups -OCH3 is 1. The number of esters is 1. The highest BCUT2D eigenvalue weighted by Crippen LogP contribution is 2.21. The largest absolute Gasteiger partial charge is 0.465 e. The molecular weight excluding hydrogens is 346 g/mol. The molecule has 2 rings (SSSR count). The summed E-state index contributed by atoms with van der Waals surface area (Å²) >= 11 is 1.66. The summed E-state index contributed by atoms with van der Waals surface area (Å²) in [6.07, 6.45) is 3.42. The van der Waals surface area contributed by atoms with Gasteiger partial charge in [-0.25, -0.2) is 9.79 Å². The van der Waals surface area contributed by atoms with Crippen LogP contribution in [0.25, 0.3) is 0 Å². The van der Waals surface area contributed by atoms with E-state index in [4.69, 9.17) is 15.5 Å². The van der Waals surface area contributed by atoms with Crippen LogP contribution in [0.5, 0.6) is 0 Å². The Balaban J connectivity index is 2.48. The Morgan fingerprint density at radius 3 is 2.77 bits per heavy atom. The van der Waals surface area contributed by atoms with Crippen molar-refractivity contribution in [3.8, 4) is 0 Å². The van der Waals surface area contributed by atoms with Crippen LogP contribution in [0.2, 0.25) is 0 Å². The second kappa shape index (κ2) is 9.69. The van der Waals surface area contributed by atoms with Crippen molar-refractivity contribution in [1.82, 2.24) is 4.57 Å². The molecule has 0 spiro atoms. The lowest BCUT2D eigenvalue weighted by molar-refractivity contribution is 0.0600. The number of unbranched alkanes of at least 4 members (excludes halogenated alkanes) is 1. The molecule has 1 aromatic heterocycles. The van der Waals surface area contributed by atoms with E-state index in [1.54, 1.807) is 23.5 Å². The highest BCUT2D eigenvalue weighted by Gasteiger charge is 2.11. The Bertz CT molecular complexity index is 806. The van der Waals surface area contributed by atoms with Gasteiger partial charge < -0.3 is 15.0 Å². The van der Waals surface area contributed by atoms with Crippen molar-refractivity contribution >= 4 is 23.0 Å². The van der Waals surface area contributed by atoms with E-state index in [1.165, 1.54) is 25.6 Å². The molecule has 0 bridgehead atoms. The van der Waals surface area contributed by atoms with Crippen molar-refractivity contribution in [2.75, 3.05) is 7.11 Å². The first-order valence-electron chi connectivity index (χ1n) is 9.13. The average molecular weight is 376 g/mol. The lowest BCUT2D eigenvalue weighted by atomic mass is 10.1. The van der Waals surface area contributed by atoms with E-state index in [2.05, 4.69) is 30.7 Å². The molecule has 5 nitrogen and oxygen atoms in total. The highest BCUT2D eigenvalue weighted by molar-refractivity contribution is 7.07. The van der Waals surface area contributed by atoms with Gasteiger partial charge in [0, 0.05) is 24.2 Å². The molecule has 2 N–H and O–H groups in total. The van der Waals surface area contributed by atoms with Crippen LogP contribution in [0, 0.1) is 5.92 Å². The van der Waals surface area contributed by atoms with E-state index < -0.39 is 0 Å². The molecule has 0 amide bonds. The van der Waals surface area contributed by atoms with Gasteiger partial charge in [-0.2, -0.15) is 0 Å². The third kappa shape index (κ3) is 5.05. The zero-order valence-electron chi connectivity index (χ0n) is 16.1. The third-order valence-electron chi connectivity index (χ3n) is 4.15. The second-order valence-electron chi connectivity index (χ2n) is 6.77. The Morgan fingerprint density at radius 2 is 2.15 bits per heavy atom. The van der Waals surface area contributed by atoms with Gasteiger partial charge in [0.2, 0.25) is 0 Å². The molecule has 0 aliphatic carbocycles. The van der Waals surface area contributed by atoms with Crippen molar-refractivity contribution in [2.24, 2.45) is 16.6 Å².